The highest BCUT2D eigenvalue weighted by Crippen LogP contribution is 2.30. The van der Waals surface area contributed by atoms with Crippen molar-refractivity contribution in [2.45, 2.75) is 26.3 Å². The molecule has 0 radical (unpaired) electrons. The Labute approximate surface area is 198 Å². The number of carbonyl (C=O) groups is 2. The summed E-state index contributed by atoms with van der Waals surface area (Å²) < 4.78 is 1.27. The zero-order chi connectivity index (χ0) is 23.4. The number of thiazole rings is 1. The lowest BCUT2D eigenvalue weighted by Crippen LogP contribution is -2.43. The van der Waals surface area contributed by atoms with Crippen LogP contribution in [0.3, 0.4) is 0 Å². The van der Waals surface area contributed by atoms with Gasteiger partial charge in [0.2, 0.25) is 5.91 Å². The second-order valence-corrected chi connectivity index (χ2v) is 8.49. The Bertz CT molecular complexity index is 1400. The second kappa shape index (κ2) is 9.93. The van der Waals surface area contributed by atoms with Gasteiger partial charge >= 0.3 is 0 Å². The van der Waals surface area contributed by atoms with Crippen molar-refractivity contribution in [2.75, 3.05) is 0 Å². The molecular formula is C23H20ClN5O3S. The van der Waals surface area contributed by atoms with Gasteiger partial charge in [0.15, 0.2) is 5.69 Å². The lowest BCUT2D eigenvalue weighted by Gasteiger charge is -2.11. The number of aryl methyl sites for hydroxylation is 1. The maximum absolute atomic E-state index is 12.8. The number of fused-ring (bicyclic) bond motifs is 1. The van der Waals surface area contributed by atoms with Crippen molar-refractivity contribution in [3.05, 3.63) is 80.7 Å². The van der Waals surface area contributed by atoms with E-state index < -0.39 is 11.8 Å². The van der Waals surface area contributed by atoms with Crippen molar-refractivity contribution < 1.29 is 9.59 Å². The van der Waals surface area contributed by atoms with Crippen LogP contribution in [-0.4, -0.2) is 26.6 Å². The van der Waals surface area contributed by atoms with Crippen molar-refractivity contribution >= 4 is 45.5 Å². The summed E-state index contributed by atoms with van der Waals surface area (Å²) in [5, 5.41) is 8.10. The Morgan fingerprint density at radius 3 is 2.55 bits per heavy atom. The molecule has 2 aromatic heterocycles. The lowest BCUT2D eigenvalue weighted by atomic mass is 10.1. The van der Waals surface area contributed by atoms with Gasteiger partial charge < -0.3 is 0 Å². The first-order valence-electron chi connectivity index (χ1n) is 10.3. The van der Waals surface area contributed by atoms with Crippen LogP contribution >= 0.6 is 22.9 Å². The van der Waals surface area contributed by atoms with E-state index in [2.05, 4.69) is 20.9 Å². The molecule has 0 aliphatic carbocycles. The number of hydrogen-bond acceptors (Lipinski definition) is 6. The van der Waals surface area contributed by atoms with Gasteiger partial charge in [-0.2, -0.15) is 5.10 Å². The van der Waals surface area contributed by atoms with E-state index in [1.54, 1.807) is 35.7 Å². The maximum Gasteiger partial charge on any atom is 0.290 e. The fourth-order valence-electron chi connectivity index (χ4n) is 3.31. The van der Waals surface area contributed by atoms with Gasteiger partial charge in [0.1, 0.15) is 5.01 Å². The number of hydrogen-bond donors (Lipinski definition) is 2. The molecule has 0 aliphatic heterocycles. The molecule has 0 bridgehead atoms. The molecule has 0 atom stereocenters. The number of nitrogens with one attached hydrogen (secondary N) is 2. The summed E-state index contributed by atoms with van der Waals surface area (Å²) in [6.45, 7) is 2.30. The summed E-state index contributed by atoms with van der Waals surface area (Å²) in [5.74, 6) is -1.05. The standard InChI is InChI=1S/C23H20ClN5O3S/c1-2-11-29-23(32)16-8-4-3-7-15(16)20(28-29)21(31)27-26-19(30)12-14-13-33-22(25-14)17-9-5-6-10-18(17)24/h3-10,13H,2,11-12H2,1H3,(H,26,30)(H,27,31). The van der Waals surface area contributed by atoms with Crippen molar-refractivity contribution in [3.8, 4) is 10.6 Å². The number of nitrogens with zero attached hydrogens (tertiary/aromatic N) is 3. The minimum Gasteiger partial charge on any atom is -0.273 e. The van der Waals surface area contributed by atoms with Crippen LogP contribution in [0.1, 0.15) is 29.5 Å². The molecule has 33 heavy (non-hydrogen) atoms. The number of aromatic nitrogens is 3. The molecule has 4 rings (SSSR count). The molecular weight excluding hydrogens is 462 g/mol. The summed E-state index contributed by atoms with van der Waals surface area (Å²) in [6.07, 6.45) is 0.664. The first kappa shape index (κ1) is 22.6. The highest BCUT2D eigenvalue weighted by atomic mass is 35.5. The van der Waals surface area contributed by atoms with Gasteiger partial charge in [0.05, 0.1) is 22.5 Å². The van der Waals surface area contributed by atoms with Crippen LogP contribution in [0.25, 0.3) is 21.3 Å². The molecule has 2 N–H and O–H groups in total. The summed E-state index contributed by atoms with van der Waals surface area (Å²) in [7, 11) is 0. The Morgan fingerprint density at radius 2 is 1.79 bits per heavy atom. The third-order valence-electron chi connectivity index (χ3n) is 4.83. The topological polar surface area (TPSA) is 106 Å². The molecule has 0 saturated heterocycles. The first-order valence-corrected chi connectivity index (χ1v) is 11.5. The Kier molecular flexibility index (Phi) is 6.81. The third-order valence-corrected chi connectivity index (χ3v) is 6.09. The number of halogens is 1. The van der Waals surface area contributed by atoms with E-state index in [-0.39, 0.29) is 17.7 Å². The third kappa shape index (κ3) is 4.94. The number of carbonyl (C=O) groups excluding carboxylic acids is 2. The lowest BCUT2D eigenvalue weighted by molar-refractivity contribution is -0.121. The quantitative estimate of drug-likeness (QED) is 0.409. The van der Waals surface area contributed by atoms with E-state index in [0.29, 0.717) is 39.5 Å². The predicted molar refractivity (Wildman–Crippen MR) is 128 cm³/mol. The molecule has 8 nitrogen and oxygen atoms in total. The Balaban J connectivity index is 1.46. The van der Waals surface area contributed by atoms with E-state index >= 15 is 0 Å². The second-order valence-electron chi connectivity index (χ2n) is 7.23. The Hall–Kier alpha value is -3.56. The number of amides is 2. The Morgan fingerprint density at radius 1 is 1.06 bits per heavy atom. The zero-order valence-electron chi connectivity index (χ0n) is 17.7. The van der Waals surface area contributed by atoms with Crippen LogP contribution in [0.15, 0.2) is 58.7 Å². The summed E-state index contributed by atoms with van der Waals surface area (Å²) in [6, 6.07) is 14.1. The molecule has 0 aliphatic rings. The largest absolute Gasteiger partial charge is 0.290 e. The molecule has 0 saturated carbocycles. The minimum atomic E-state index is -0.612. The average molecular weight is 482 g/mol. The van der Waals surface area contributed by atoms with Gasteiger partial charge in [-0.05, 0) is 18.6 Å². The predicted octanol–water partition coefficient (Wildman–Crippen LogP) is 3.59. The van der Waals surface area contributed by atoms with Crippen LogP contribution in [0.5, 0.6) is 0 Å². The van der Waals surface area contributed by atoms with Gasteiger partial charge in [-0.15, -0.1) is 11.3 Å². The van der Waals surface area contributed by atoms with E-state index in [9.17, 15) is 14.4 Å². The first-order chi connectivity index (χ1) is 16.0. The zero-order valence-corrected chi connectivity index (χ0v) is 19.2. The summed E-state index contributed by atoms with van der Waals surface area (Å²) in [5.41, 5.74) is 5.94. The van der Waals surface area contributed by atoms with Crippen LogP contribution in [0.4, 0.5) is 0 Å². The minimum absolute atomic E-state index is 0.0231. The van der Waals surface area contributed by atoms with E-state index in [0.717, 1.165) is 5.56 Å². The molecule has 168 valence electrons. The monoisotopic (exact) mass is 481 g/mol. The van der Waals surface area contributed by atoms with Crippen LogP contribution in [-0.2, 0) is 17.8 Å². The van der Waals surface area contributed by atoms with Crippen LogP contribution < -0.4 is 16.4 Å². The van der Waals surface area contributed by atoms with Gasteiger partial charge in [-0.1, -0.05) is 54.9 Å². The maximum atomic E-state index is 12.8. The van der Waals surface area contributed by atoms with E-state index in [1.807, 2.05) is 25.1 Å². The molecule has 2 amide bonds. The smallest absolute Gasteiger partial charge is 0.273 e. The SMILES string of the molecule is CCCn1nc(C(=O)NNC(=O)Cc2csc(-c3ccccc3Cl)n2)c2ccccc2c1=O. The normalized spacial score (nSPS) is 10.8. The van der Waals surface area contributed by atoms with Crippen LogP contribution in [0, 0.1) is 0 Å². The number of benzene rings is 2. The van der Waals surface area contributed by atoms with Crippen LogP contribution in [0.2, 0.25) is 5.02 Å². The fraction of sp³-hybridized carbons (Fsp3) is 0.174. The molecule has 2 heterocycles. The van der Waals surface area contributed by atoms with Crippen molar-refractivity contribution in [2.24, 2.45) is 0 Å². The van der Waals surface area contributed by atoms with E-state index in [4.69, 9.17) is 11.6 Å². The molecule has 2 aromatic carbocycles. The van der Waals surface area contributed by atoms with E-state index in [1.165, 1.54) is 16.0 Å². The highest BCUT2D eigenvalue weighted by Gasteiger charge is 2.17. The van der Waals surface area contributed by atoms with Crippen molar-refractivity contribution in [1.29, 1.82) is 0 Å². The highest BCUT2D eigenvalue weighted by molar-refractivity contribution is 7.13. The van der Waals surface area contributed by atoms with Crippen molar-refractivity contribution in [3.63, 3.8) is 0 Å². The van der Waals surface area contributed by atoms with Gasteiger partial charge in [0, 0.05) is 22.9 Å². The van der Waals surface area contributed by atoms with Gasteiger partial charge in [-0.25, -0.2) is 9.67 Å². The van der Waals surface area contributed by atoms with Crippen molar-refractivity contribution in [1.82, 2.24) is 25.6 Å². The number of rotatable bonds is 6. The number of hydrazine groups is 1. The fourth-order valence-corrected chi connectivity index (χ4v) is 4.45. The summed E-state index contributed by atoms with van der Waals surface area (Å²) in [4.78, 5) is 42.2. The summed E-state index contributed by atoms with van der Waals surface area (Å²) >= 11 is 7.60. The molecule has 4 aromatic rings. The molecule has 0 fully saturated rings. The van der Waals surface area contributed by atoms with Gasteiger partial charge in [0.25, 0.3) is 11.5 Å². The molecule has 0 spiro atoms. The van der Waals surface area contributed by atoms with Gasteiger partial charge in [-0.3, -0.25) is 25.2 Å². The molecule has 10 heteroatoms. The average Bonchev–Trinajstić information content (AvgIpc) is 3.28. The molecule has 0 unspecified atom stereocenters.